The summed E-state index contributed by atoms with van der Waals surface area (Å²) < 4.78 is 0.959. The highest BCUT2D eigenvalue weighted by atomic mass is 16.5. The minimum Gasteiger partial charge on any atom is -0.618 e. The van der Waals surface area contributed by atoms with Crippen LogP contribution in [0.4, 0.5) is 0 Å². The van der Waals surface area contributed by atoms with Gasteiger partial charge < -0.3 is 5.21 Å². The summed E-state index contributed by atoms with van der Waals surface area (Å²) in [6, 6.07) is 5.57. The second-order valence-corrected chi connectivity index (χ2v) is 3.06. The van der Waals surface area contributed by atoms with E-state index in [-0.39, 0.29) is 0 Å². The maximum absolute atomic E-state index is 11.3. The van der Waals surface area contributed by atoms with Crippen LogP contribution in [-0.2, 0) is 0 Å². The highest BCUT2D eigenvalue weighted by Crippen LogP contribution is 2.25. The molecule has 0 amide bonds. The molecule has 2 rings (SSSR count). The molecule has 0 aromatic carbocycles. The second kappa shape index (κ2) is 2.97. The van der Waals surface area contributed by atoms with Crippen LogP contribution in [0.2, 0.25) is 0 Å². The normalized spacial score (nSPS) is 21.5. The van der Waals surface area contributed by atoms with Crippen molar-refractivity contribution >= 4 is 0 Å². The van der Waals surface area contributed by atoms with Gasteiger partial charge in [-0.15, -0.1) is 0 Å². The van der Waals surface area contributed by atoms with Gasteiger partial charge in [0.15, 0.2) is 11.9 Å². The molecule has 0 fully saturated rings. The first-order chi connectivity index (χ1) is 5.88. The highest BCUT2D eigenvalue weighted by molar-refractivity contribution is 5.15. The molecule has 1 aliphatic rings. The van der Waals surface area contributed by atoms with Crippen LogP contribution in [0.5, 0.6) is 0 Å². The fourth-order valence-corrected chi connectivity index (χ4v) is 1.61. The SMILES string of the molecule is [O-][n+]1ccccc1C1C=CCC1. The van der Waals surface area contributed by atoms with Crippen molar-refractivity contribution in [2.75, 3.05) is 0 Å². The molecule has 0 radical (unpaired) electrons. The Morgan fingerprint density at radius 2 is 2.33 bits per heavy atom. The van der Waals surface area contributed by atoms with Gasteiger partial charge in [-0.05, 0) is 18.9 Å². The van der Waals surface area contributed by atoms with Gasteiger partial charge in [-0.2, -0.15) is 4.73 Å². The van der Waals surface area contributed by atoms with Crippen molar-refractivity contribution in [3.63, 3.8) is 0 Å². The van der Waals surface area contributed by atoms with Gasteiger partial charge >= 0.3 is 0 Å². The molecule has 1 heterocycles. The fraction of sp³-hybridized carbons (Fsp3) is 0.300. The molecular formula is C10H11NO. The van der Waals surface area contributed by atoms with Crippen molar-refractivity contribution < 1.29 is 4.73 Å². The van der Waals surface area contributed by atoms with Gasteiger partial charge in [0.25, 0.3) is 0 Å². The molecule has 0 saturated carbocycles. The Hall–Kier alpha value is -1.31. The molecular weight excluding hydrogens is 150 g/mol. The minimum absolute atomic E-state index is 0.337. The van der Waals surface area contributed by atoms with Crippen molar-refractivity contribution in [1.29, 1.82) is 0 Å². The predicted molar refractivity (Wildman–Crippen MR) is 46.5 cm³/mol. The Morgan fingerprint density at radius 1 is 1.42 bits per heavy atom. The molecule has 0 saturated heterocycles. The molecule has 1 aliphatic carbocycles. The lowest BCUT2D eigenvalue weighted by molar-refractivity contribution is -0.615. The van der Waals surface area contributed by atoms with E-state index in [0.29, 0.717) is 5.92 Å². The van der Waals surface area contributed by atoms with Crippen LogP contribution in [-0.4, -0.2) is 0 Å². The number of rotatable bonds is 1. The van der Waals surface area contributed by atoms with Gasteiger partial charge in [-0.3, -0.25) is 0 Å². The predicted octanol–water partition coefficient (Wildman–Crippen LogP) is 1.75. The van der Waals surface area contributed by atoms with Gasteiger partial charge in [0.05, 0.1) is 5.92 Å². The van der Waals surface area contributed by atoms with E-state index < -0.39 is 0 Å². The van der Waals surface area contributed by atoms with Crippen LogP contribution in [0, 0.1) is 5.21 Å². The smallest absolute Gasteiger partial charge is 0.199 e. The van der Waals surface area contributed by atoms with E-state index in [0.717, 1.165) is 23.3 Å². The first-order valence-corrected chi connectivity index (χ1v) is 4.22. The van der Waals surface area contributed by atoms with Crippen LogP contribution < -0.4 is 4.73 Å². The third-order valence-corrected chi connectivity index (χ3v) is 2.25. The Labute approximate surface area is 71.7 Å². The van der Waals surface area contributed by atoms with Crippen LogP contribution >= 0.6 is 0 Å². The standard InChI is InChI=1S/C10H11NO/c12-11-8-4-3-7-10(11)9-5-1-2-6-9/h1,3-5,7-9H,2,6H2. The molecule has 1 aromatic rings. The zero-order valence-corrected chi connectivity index (χ0v) is 6.81. The van der Waals surface area contributed by atoms with Crippen LogP contribution in [0.25, 0.3) is 0 Å². The molecule has 2 heteroatoms. The summed E-state index contributed by atoms with van der Waals surface area (Å²) in [7, 11) is 0. The lowest BCUT2D eigenvalue weighted by Gasteiger charge is -2.07. The van der Waals surface area contributed by atoms with Crippen molar-refractivity contribution in [2.45, 2.75) is 18.8 Å². The van der Waals surface area contributed by atoms with Gasteiger partial charge in [-0.25, -0.2) is 0 Å². The van der Waals surface area contributed by atoms with E-state index in [1.54, 1.807) is 12.3 Å². The molecule has 0 bridgehead atoms. The number of aromatic nitrogens is 1. The van der Waals surface area contributed by atoms with Crippen LogP contribution in [0.1, 0.15) is 24.5 Å². The number of hydrogen-bond acceptors (Lipinski definition) is 1. The summed E-state index contributed by atoms with van der Waals surface area (Å²) in [5.41, 5.74) is 0.867. The summed E-state index contributed by atoms with van der Waals surface area (Å²) in [6.45, 7) is 0. The highest BCUT2D eigenvalue weighted by Gasteiger charge is 2.18. The second-order valence-electron chi connectivity index (χ2n) is 3.06. The van der Waals surface area contributed by atoms with Gasteiger partial charge in [-0.1, -0.05) is 12.2 Å². The molecule has 1 atom stereocenters. The lowest BCUT2D eigenvalue weighted by Crippen LogP contribution is -2.31. The molecule has 12 heavy (non-hydrogen) atoms. The van der Waals surface area contributed by atoms with Gasteiger partial charge in [0, 0.05) is 12.1 Å². The number of allylic oxidation sites excluding steroid dienone is 2. The Balaban J connectivity index is 2.33. The molecule has 0 N–H and O–H groups in total. The largest absolute Gasteiger partial charge is 0.618 e. The molecule has 0 spiro atoms. The van der Waals surface area contributed by atoms with E-state index in [1.807, 2.05) is 12.1 Å². The topological polar surface area (TPSA) is 26.9 Å². The van der Waals surface area contributed by atoms with E-state index in [2.05, 4.69) is 12.2 Å². The minimum atomic E-state index is 0.337. The van der Waals surface area contributed by atoms with Crippen molar-refractivity contribution in [3.8, 4) is 0 Å². The average molecular weight is 161 g/mol. The summed E-state index contributed by atoms with van der Waals surface area (Å²) in [4.78, 5) is 0. The van der Waals surface area contributed by atoms with Gasteiger partial charge in [0.2, 0.25) is 0 Å². The van der Waals surface area contributed by atoms with Gasteiger partial charge in [0.1, 0.15) is 0 Å². The van der Waals surface area contributed by atoms with Crippen molar-refractivity contribution in [3.05, 3.63) is 47.4 Å². The number of nitrogens with zero attached hydrogens (tertiary/aromatic N) is 1. The maximum Gasteiger partial charge on any atom is 0.199 e. The zero-order chi connectivity index (χ0) is 8.39. The monoisotopic (exact) mass is 161 g/mol. The van der Waals surface area contributed by atoms with E-state index in [9.17, 15) is 5.21 Å². The zero-order valence-electron chi connectivity index (χ0n) is 6.81. The quantitative estimate of drug-likeness (QED) is 0.350. The lowest BCUT2D eigenvalue weighted by atomic mass is 10.0. The summed E-state index contributed by atoms with van der Waals surface area (Å²) in [5, 5.41) is 11.3. The van der Waals surface area contributed by atoms with E-state index in [1.165, 1.54) is 0 Å². The fourth-order valence-electron chi connectivity index (χ4n) is 1.61. The first kappa shape index (κ1) is 7.35. The summed E-state index contributed by atoms with van der Waals surface area (Å²) >= 11 is 0. The third kappa shape index (κ3) is 1.20. The maximum atomic E-state index is 11.3. The molecule has 1 unspecified atom stereocenters. The van der Waals surface area contributed by atoms with E-state index in [4.69, 9.17) is 0 Å². The summed E-state index contributed by atoms with van der Waals surface area (Å²) in [5.74, 6) is 0.337. The Morgan fingerprint density at radius 3 is 3.00 bits per heavy atom. The molecule has 1 aromatic heterocycles. The number of hydrogen-bond donors (Lipinski definition) is 0. The summed E-state index contributed by atoms with van der Waals surface area (Å²) in [6.07, 6.45) is 7.98. The average Bonchev–Trinajstić information content (AvgIpc) is 2.57. The Bertz CT molecular complexity index is 306. The molecule has 0 aliphatic heterocycles. The first-order valence-electron chi connectivity index (χ1n) is 4.22. The van der Waals surface area contributed by atoms with Crippen molar-refractivity contribution in [1.82, 2.24) is 0 Å². The molecule has 62 valence electrons. The molecule has 2 nitrogen and oxygen atoms in total. The van der Waals surface area contributed by atoms with E-state index >= 15 is 0 Å². The Kier molecular flexibility index (Phi) is 1.82. The third-order valence-electron chi connectivity index (χ3n) is 2.25. The number of pyridine rings is 1. The van der Waals surface area contributed by atoms with Crippen LogP contribution in [0.15, 0.2) is 36.5 Å². The van der Waals surface area contributed by atoms with Crippen molar-refractivity contribution in [2.24, 2.45) is 0 Å². The van der Waals surface area contributed by atoms with Crippen LogP contribution in [0.3, 0.4) is 0 Å².